The molecule has 1 heterocycles. The molecule has 4 aromatic rings. The molecule has 4 aromatic carbocycles. The Morgan fingerprint density at radius 1 is 0.583 bits per heavy atom. The first-order chi connectivity index (χ1) is 23.4. The van der Waals surface area contributed by atoms with Gasteiger partial charge in [0.05, 0.1) is 61.4 Å². The summed E-state index contributed by atoms with van der Waals surface area (Å²) in [6.07, 6.45) is 4.04. The first kappa shape index (κ1) is 33.6. The Morgan fingerprint density at radius 3 is 1.73 bits per heavy atom. The van der Waals surface area contributed by atoms with Crippen molar-refractivity contribution >= 4 is 23.7 Å². The number of fused-ring (bicyclic) bond motifs is 1. The maximum absolute atomic E-state index is 12.6. The van der Waals surface area contributed by atoms with E-state index in [4.69, 9.17) is 37.9 Å². The van der Waals surface area contributed by atoms with E-state index < -0.39 is 6.17 Å². The smallest absolute Gasteiger partial charge is 0.255 e. The van der Waals surface area contributed by atoms with Crippen molar-refractivity contribution in [2.75, 3.05) is 61.2 Å². The van der Waals surface area contributed by atoms with Crippen LogP contribution in [-0.2, 0) is 0 Å². The number of ether oxygens (including phenoxy) is 8. The molecular weight excluding hydrogens is 616 g/mol. The van der Waals surface area contributed by atoms with Gasteiger partial charge in [-0.3, -0.25) is 4.79 Å². The van der Waals surface area contributed by atoms with E-state index in [1.807, 2.05) is 72.8 Å². The van der Waals surface area contributed by atoms with Crippen LogP contribution < -0.4 is 48.5 Å². The van der Waals surface area contributed by atoms with E-state index in [-0.39, 0.29) is 5.91 Å². The van der Waals surface area contributed by atoms with Crippen LogP contribution in [0.5, 0.6) is 46.0 Å². The van der Waals surface area contributed by atoms with Crippen molar-refractivity contribution in [3.8, 4) is 46.0 Å². The Bertz CT molecular complexity index is 1720. The zero-order valence-corrected chi connectivity index (χ0v) is 27.9. The van der Waals surface area contributed by atoms with E-state index in [1.165, 1.54) is 0 Å². The highest BCUT2D eigenvalue weighted by Gasteiger charge is 2.25. The van der Waals surface area contributed by atoms with Crippen molar-refractivity contribution < 1.29 is 42.7 Å². The van der Waals surface area contributed by atoms with Crippen molar-refractivity contribution in [3.63, 3.8) is 0 Å². The Kier molecular flexibility index (Phi) is 11.0. The summed E-state index contributed by atoms with van der Waals surface area (Å²) in [5, 5.41) is 6.34. The topological polar surface area (TPSA) is 115 Å². The molecule has 0 saturated heterocycles. The second-order valence-electron chi connectivity index (χ2n) is 10.6. The molecule has 0 aliphatic carbocycles. The third-order valence-corrected chi connectivity index (χ3v) is 7.70. The number of anilines is 1. The average Bonchev–Trinajstić information content (AvgIpc) is 3.13. The van der Waals surface area contributed by atoms with E-state index in [0.29, 0.717) is 71.2 Å². The van der Waals surface area contributed by atoms with Gasteiger partial charge in [-0.2, -0.15) is 0 Å². The van der Waals surface area contributed by atoms with Crippen LogP contribution in [0.4, 0.5) is 5.69 Å². The highest BCUT2D eigenvalue weighted by Crippen LogP contribution is 2.41. The summed E-state index contributed by atoms with van der Waals surface area (Å²) in [5.41, 5.74) is 3.93. The van der Waals surface area contributed by atoms with E-state index in [9.17, 15) is 4.79 Å². The van der Waals surface area contributed by atoms with Gasteiger partial charge in [0.1, 0.15) is 6.17 Å². The molecular formula is C37H40N2O9. The summed E-state index contributed by atoms with van der Waals surface area (Å²) in [7, 11) is 9.48. The van der Waals surface area contributed by atoms with Gasteiger partial charge in [-0.1, -0.05) is 30.4 Å². The van der Waals surface area contributed by atoms with Crippen LogP contribution in [0.2, 0.25) is 0 Å². The summed E-state index contributed by atoms with van der Waals surface area (Å²) >= 11 is 0. The van der Waals surface area contributed by atoms with Gasteiger partial charge in [0.2, 0.25) is 11.5 Å². The van der Waals surface area contributed by atoms with Crippen LogP contribution in [0.1, 0.15) is 39.6 Å². The monoisotopic (exact) mass is 656 g/mol. The van der Waals surface area contributed by atoms with Crippen LogP contribution >= 0.6 is 0 Å². The van der Waals surface area contributed by atoms with Crippen LogP contribution in [0, 0.1) is 0 Å². The molecule has 2 N–H and O–H groups in total. The first-order valence-electron chi connectivity index (χ1n) is 15.3. The fourth-order valence-electron chi connectivity index (χ4n) is 5.30. The molecule has 48 heavy (non-hydrogen) atoms. The molecule has 1 unspecified atom stereocenters. The number of carbonyl (C=O) groups excluding carboxylic acids is 1. The number of rotatable bonds is 15. The molecule has 1 amide bonds. The van der Waals surface area contributed by atoms with Crippen LogP contribution in [-0.4, -0.2) is 61.8 Å². The lowest BCUT2D eigenvalue weighted by atomic mass is 10.1. The Hall–Kier alpha value is -5.71. The predicted octanol–water partition coefficient (Wildman–Crippen LogP) is 6.61. The van der Waals surface area contributed by atoms with E-state index in [2.05, 4.69) is 10.6 Å². The normalized spacial score (nSPS) is 13.5. The van der Waals surface area contributed by atoms with Gasteiger partial charge >= 0.3 is 0 Å². The van der Waals surface area contributed by atoms with Crippen molar-refractivity contribution in [1.29, 1.82) is 0 Å². The van der Waals surface area contributed by atoms with Gasteiger partial charge in [-0.25, -0.2) is 0 Å². The third kappa shape index (κ3) is 7.46. The minimum absolute atomic E-state index is 0.136. The minimum atomic E-state index is -0.398. The number of para-hydroxylation sites is 1. The molecule has 252 valence electrons. The zero-order valence-electron chi connectivity index (χ0n) is 27.9. The van der Waals surface area contributed by atoms with Gasteiger partial charge in [0.25, 0.3) is 5.91 Å². The van der Waals surface area contributed by atoms with Gasteiger partial charge in [-0.05, 0) is 65.2 Å². The van der Waals surface area contributed by atoms with E-state index in [0.717, 1.165) is 22.4 Å². The SMILES string of the molecule is COc1cc(C2NC(=O)c3ccccc3N2)ccc1OCCCOc1c(OC)cc(/C=C\c2cc(OC)c(OC)c(OC)c2)cc1OC. The summed E-state index contributed by atoms with van der Waals surface area (Å²) < 4.78 is 45.4. The molecule has 0 saturated carbocycles. The van der Waals surface area contributed by atoms with Crippen LogP contribution in [0.3, 0.4) is 0 Å². The maximum Gasteiger partial charge on any atom is 0.255 e. The lowest BCUT2D eigenvalue weighted by Gasteiger charge is -2.28. The summed E-state index contributed by atoms with van der Waals surface area (Å²) in [6, 6.07) is 20.5. The van der Waals surface area contributed by atoms with Gasteiger partial charge in [-0.15, -0.1) is 0 Å². The van der Waals surface area contributed by atoms with Gasteiger partial charge < -0.3 is 48.5 Å². The van der Waals surface area contributed by atoms with Crippen LogP contribution in [0.15, 0.2) is 66.7 Å². The standard InChI is InChI=1S/C37H40N2O9/c1-41-29-22-25(36-38-27-11-8-7-10-26(27)37(40)39-36)14-15-28(29)47-16-9-17-48-35-32(44-4)20-24(21-33(35)45-5)13-12-23-18-30(42-2)34(46-6)31(19-23)43-3/h7-8,10-15,18-22,36,38H,9,16-17H2,1-6H3,(H,39,40)/b13-12-. The molecule has 0 fully saturated rings. The lowest BCUT2D eigenvalue weighted by molar-refractivity contribution is 0.0935. The number of carbonyl (C=O) groups is 1. The average molecular weight is 657 g/mol. The first-order valence-corrected chi connectivity index (χ1v) is 15.3. The minimum Gasteiger partial charge on any atom is -0.493 e. The van der Waals surface area contributed by atoms with Crippen molar-refractivity contribution in [1.82, 2.24) is 5.32 Å². The maximum atomic E-state index is 12.6. The summed E-state index contributed by atoms with van der Waals surface area (Å²) in [5.74, 6) is 4.22. The second kappa shape index (κ2) is 15.7. The fraction of sp³-hybridized carbons (Fsp3) is 0.270. The Morgan fingerprint density at radius 2 is 1.15 bits per heavy atom. The summed E-state index contributed by atoms with van der Waals surface area (Å²) in [4.78, 5) is 12.6. The molecule has 1 aliphatic rings. The molecule has 1 atom stereocenters. The lowest BCUT2D eigenvalue weighted by Crippen LogP contribution is -2.38. The van der Waals surface area contributed by atoms with Crippen molar-refractivity contribution in [2.45, 2.75) is 12.6 Å². The number of hydrogen-bond acceptors (Lipinski definition) is 10. The van der Waals surface area contributed by atoms with E-state index in [1.54, 1.807) is 48.7 Å². The van der Waals surface area contributed by atoms with Crippen molar-refractivity contribution in [2.24, 2.45) is 0 Å². The molecule has 0 aromatic heterocycles. The van der Waals surface area contributed by atoms with Crippen molar-refractivity contribution in [3.05, 3.63) is 89.0 Å². The largest absolute Gasteiger partial charge is 0.493 e. The van der Waals surface area contributed by atoms with E-state index >= 15 is 0 Å². The predicted molar refractivity (Wildman–Crippen MR) is 183 cm³/mol. The number of hydrogen-bond donors (Lipinski definition) is 2. The Balaban J connectivity index is 1.20. The molecule has 5 rings (SSSR count). The Labute approximate surface area is 280 Å². The summed E-state index contributed by atoms with van der Waals surface area (Å²) in [6.45, 7) is 0.729. The zero-order chi connectivity index (χ0) is 34.0. The number of nitrogens with one attached hydrogen (secondary N) is 2. The molecule has 0 spiro atoms. The quantitative estimate of drug-likeness (QED) is 0.107. The third-order valence-electron chi connectivity index (χ3n) is 7.70. The number of benzene rings is 4. The molecule has 11 heteroatoms. The highest BCUT2D eigenvalue weighted by molar-refractivity contribution is 6.01. The molecule has 0 radical (unpaired) electrons. The number of methoxy groups -OCH3 is 6. The second-order valence-corrected chi connectivity index (χ2v) is 10.6. The molecule has 0 bridgehead atoms. The van der Waals surface area contributed by atoms with Crippen LogP contribution in [0.25, 0.3) is 12.2 Å². The highest BCUT2D eigenvalue weighted by atomic mass is 16.5. The van der Waals surface area contributed by atoms with Gasteiger partial charge in [0.15, 0.2) is 34.5 Å². The molecule has 11 nitrogen and oxygen atoms in total. The fourth-order valence-corrected chi connectivity index (χ4v) is 5.30. The molecule has 1 aliphatic heterocycles. The number of amides is 1. The van der Waals surface area contributed by atoms with Gasteiger partial charge in [0, 0.05) is 12.1 Å².